The van der Waals surface area contributed by atoms with E-state index in [0.29, 0.717) is 6.17 Å². The number of unbranched alkanes of at least 4 members (excludes halogenated alkanes) is 26. The zero-order chi connectivity index (χ0) is 28.8. The molecule has 0 amide bonds. The molecule has 40 heavy (non-hydrogen) atoms. The van der Waals surface area contributed by atoms with Crippen LogP contribution < -0.4 is 0 Å². The van der Waals surface area contributed by atoms with Crippen molar-refractivity contribution in [2.45, 2.75) is 220 Å². The van der Waals surface area contributed by atoms with E-state index >= 15 is 0 Å². The molecule has 1 aliphatic heterocycles. The molecule has 0 saturated heterocycles. The predicted octanol–water partition coefficient (Wildman–Crippen LogP) is 13.2. The summed E-state index contributed by atoms with van der Waals surface area (Å²) in [5.74, 6) is 0. The second-order valence-electron chi connectivity index (χ2n) is 13.2. The van der Waals surface area contributed by atoms with Crippen LogP contribution in [0.3, 0.4) is 0 Å². The van der Waals surface area contributed by atoms with Gasteiger partial charge in [-0.25, -0.2) is 0 Å². The molecule has 0 aromatic heterocycles. The van der Waals surface area contributed by atoms with E-state index in [4.69, 9.17) is 0 Å². The molecule has 0 radical (unpaired) electrons. The Bertz CT molecular complexity index is 516. The van der Waals surface area contributed by atoms with Gasteiger partial charge in [0.2, 0.25) is 0 Å². The van der Waals surface area contributed by atoms with Crippen LogP contribution in [0.25, 0.3) is 0 Å². The maximum Gasteiger partial charge on any atom is 0.101 e. The highest BCUT2D eigenvalue weighted by molar-refractivity contribution is 4.97. The maximum absolute atomic E-state index is 2.70. The number of hydrogen-bond donors (Lipinski definition) is 0. The van der Waals surface area contributed by atoms with Gasteiger partial charge in [-0.1, -0.05) is 188 Å². The fourth-order valence-corrected chi connectivity index (χ4v) is 6.54. The van der Waals surface area contributed by atoms with E-state index < -0.39 is 0 Å². The molecule has 0 spiro atoms. The lowest BCUT2D eigenvalue weighted by Crippen LogP contribution is -2.39. The van der Waals surface area contributed by atoms with Gasteiger partial charge in [-0.15, -0.1) is 0 Å². The lowest BCUT2D eigenvalue weighted by atomic mass is 10.0. The Balaban J connectivity index is 2.11. The van der Waals surface area contributed by atoms with Crippen LogP contribution in [0.15, 0.2) is 12.4 Å². The minimum Gasteiger partial charge on any atom is -0.356 e. The summed E-state index contributed by atoms with van der Waals surface area (Å²) in [5, 5.41) is 0. The van der Waals surface area contributed by atoms with Crippen LogP contribution in [0.2, 0.25) is 0 Å². The second kappa shape index (κ2) is 29.8. The van der Waals surface area contributed by atoms with Gasteiger partial charge in [0.05, 0.1) is 0 Å². The van der Waals surface area contributed by atoms with Crippen molar-refractivity contribution in [1.82, 2.24) is 9.80 Å². The Labute approximate surface area is 254 Å². The Kier molecular flexibility index (Phi) is 27.9. The average molecular weight is 561 g/mol. The van der Waals surface area contributed by atoms with E-state index in [-0.39, 0.29) is 0 Å². The molecular weight excluding hydrogens is 484 g/mol. The SMILES string of the molecule is CCCCCCCCCCCCCCCCCN1C=CN(CCCCCC)C1CCCCCCCCCCCC. The molecule has 0 aliphatic carbocycles. The molecule has 0 fully saturated rings. The Morgan fingerprint density at radius 3 is 0.900 bits per heavy atom. The molecule has 1 heterocycles. The van der Waals surface area contributed by atoms with Crippen LogP contribution in [0.1, 0.15) is 213 Å². The molecule has 2 nitrogen and oxygen atoms in total. The number of hydrogen-bond acceptors (Lipinski definition) is 2. The minimum atomic E-state index is 0.641. The van der Waals surface area contributed by atoms with Crippen LogP contribution in [0, 0.1) is 0 Å². The van der Waals surface area contributed by atoms with Crippen LogP contribution >= 0.6 is 0 Å². The van der Waals surface area contributed by atoms with Gasteiger partial charge in [-0.05, 0) is 25.7 Å². The van der Waals surface area contributed by atoms with E-state index in [1.807, 2.05) is 0 Å². The third-order valence-electron chi connectivity index (χ3n) is 9.32. The highest BCUT2D eigenvalue weighted by Crippen LogP contribution is 2.24. The molecule has 2 heteroatoms. The zero-order valence-electron chi connectivity index (χ0n) is 28.3. The molecule has 238 valence electrons. The van der Waals surface area contributed by atoms with Crippen LogP contribution in [-0.2, 0) is 0 Å². The van der Waals surface area contributed by atoms with Crippen molar-refractivity contribution in [2.75, 3.05) is 13.1 Å². The predicted molar refractivity (Wildman–Crippen MR) is 182 cm³/mol. The summed E-state index contributed by atoms with van der Waals surface area (Å²) >= 11 is 0. The first-order valence-corrected chi connectivity index (χ1v) is 19.0. The van der Waals surface area contributed by atoms with Gasteiger partial charge in [0.25, 0.3) is 0 Å². The Morgan fingerprint density at radius 1 is 0.325 bits per heavy atom. The van der Waals surface area contributed by atoms with Gasteiger partial charge in [0.15, 0.2) is 0 Å². The first-order valence-electron chi connectivity index (χ1n) is 19.0. The van der Waals surface area contributed by atoms with Gasteiger partial charge in [0, 0.05) is 25.5 Å². The van der Waals surface area contributed by atoms with Crippen molar-refractivity contribution < 1.29 is 0 Å². The second-order valence-corrected chi connectivity index (χ2v) is 13.2. The molecule has 1 aliphatic rings. The van der Waals surface area contributed by atoms with Gasteiger partial charge in [-0.3, -0.25) is 0 Å². The summed E-state index contributed by atoms with van der Waals surface area (Å²) in [6.07, 6.45) is 48.5. The van der Waals surface area contributed by atoms with Gasteiger partial charge < -0.3 is 9.80 Å². The van der Waals surface area contributed by atoms with Crippen molar-refractivity contribution >= 4 is 0 Å². The van der Waals surface area contributed by atoms with Crippen molar-refractivity contribution in [2.24, 2.45) is 0 Å². The normalized spacial score (nSPS) is 15.1. The molecule has 1 rings (SSSR count). The van der Waals surface area contributed by atoms with Crippen molar-refractivity contribution in [1.29, 1.82) is 0 Å². The quantitative estimate of drug-likeness (QED) is 0.0755. The average Bonchev–Trinajstić information content (AvgIpc) is 3.35. The lowest BCUT2D eigenvalue weighted by Gasteiger charge is -2.33. The molecule has 1 atom stereocenters. The zero-order valence-corrected chi connectivity index (χ0v) is 28.3. The summed E-state index contributed by atoms with van der Waals surface area (Å²) in [7, 11) is 0. The highest BCUT2D eigenvalue weighted by Gasteiger charge is 2.24. The summed E-state index contributed by atoms with van der Waals surface area (Å²) < 4.78 is 0. The molecule has 0 aromatic carbocycles. The van der Waals surface area contributed by atoms with Crippen molar-refractivity contribution in [3.63, 3.8) is 0 Å². The molecule has 1 unspecified atom stereocenters. The standard InChI is InChI=1S/C38H76N2/c1-4-7-10-13-15-17-19-20-21-22-23-25-27-29-32-35-40-37-36-39(34-31-12-9-6-3)38(40)33-30-28-26-24-18-16-14-11-8-5-2/h36-38H,4-35H2,1-3H3. The molecule has 0 bridgehead atoms. The lowest BCUT2D eigenvalue weighted by molar-refractivity contribution is 0.135. The molecule has 0 saturated carbocycles. The third-order valence-corrected chi connectivity index (χ3v) is 9.32. The monoisotopic (exact) mass is 561 g/mol. The van der Waals surface area contributed by atoms with E-state index in [0.717, 1.165) is 0 Å². The smallest absolute Gasteiger partial charge is 0.101 e. The van der Waals surface area contributed by atoms with E-state index in [9.17, 15) is 0 Å². The first-order chi connectivity index (χ1) is 19.8. The first kappa shape index (κ1) is 37.4. The summed E-state index contributed by atoms with van der Waals surface area (Å²) in [4.78, 5) is 5.39. The largest absolute Gasteiger partial charge is 0.356 e. The topological polar surface area (TPSA) is 6.48 Å². The van der Waals surface area contributed by atoms with Gasteiger partial charge in [0.1, 0.15) is 6.17 Å². The molecular formula is C38H76N2. The van der Waals surface area contributed by atoms with E-state index in [2.05, 4.69) is 43.0 Å². The summed E-state index contributed by atoms with van der Waals surface area (Å²) in [5.41, 5.74) is 0. The summed E-state index contributed by atoms with van der Waals surface area (Å²) in [6.45, 7) is 9.47. The minimum absolute atomic E-state index is 0.641. The van der Waals surface area contributed by atoms with Crippen LogP contribution in [0.5, 0.6) is 0 Å². The number of rotatable bonds is 32. The van der Waals surface area contributed by atoms with Gasteiger partial charge in [-0.2, -0.15) is 0 Å². The van der Waals surface area contributed by atoms with Gasteiger partial charge >= 0.3 is 0 Å². The van der Waals surface area contributed by atoms with Crippen molar-refractivity contribution in [3.05, 3.63) is 12.4 Å². The highest BCUT2D eigenvalue weighted by atomic mass is 15.4. The van der Waals surface area contributed by atoms with E-state index in [1.165, 1.54) is 206 Å². The fraction of sp³-hybridized carbons (Fsp3) is 0.947. The molecule has 0 aromatic rings. The Morgan fingerprint density at radius 2 is 0.575 bits per heavy atom. The van der Waals surface area contributed by atoms with E-state index in [1.54, 1.807) is 0 Å². The summed E-state index contributed by atoms with van der Waals surface area (Å²) in [6, 6.07) is 0. The number of nitrogens with zero attached hydrogens (tertiary/aromatic N) is 2. The maximum atomic E-state index is 2.70. The van der Waals surface area contributed by atoms with Crippen LogP contribution in [-0.4, -0.2) is 29.1 Å². The van der Waals surface area contributed by atoms with Crippen LogP contribution in [0.4, 0.5) is 0 Å². The molecule has 0 N–H and O–H groups in total. The Hall–Kier alpha value is -0.660. The van der Waals surface area contributed by atoms with Crippen molar-refractivity contribution in [3.8, 4) is 0 Å². The fourth-order valence-electron chi connectivity index (χ4n) is 6.54. The third kappa shape index (κ3) is 22.0.